The fraction of sp³-hybridized carbons (Fsp3) is 0.500. The van der Waals surface area contributed by atoms with Crippen molar-refractivity contribution in [3.05, 3.63) is 18.2 Å². The van der Waals surface area contributed by atoms with Crippen molar-refractivity contribution in [3.63, 3.8) is 0 Å². The average Bonchev–Trinajstić information content (AvgIpc) is 2.51. The molecule has 0 spiro atoms. The van der Waals surface area contributed by atoms with E-state index in [2.05, 4.69) is 4.98 Å². The molecule has 0 bridgehead atoms. The standard InChI is InChI=1S/C8H12N2O2S/c1-13(12)4-2-3-10-7-9-5-8(10)6-11/h5-7H,2-4H2,1H3. The minimum absolute atomic E-state index is 0.571. The predicted molar refractivity (Wildman–Crippen MR) is 51.2 cm³/mol. The molecule has 0 radical (unpaired) electrons. The van der Waals surface area contributed by atoms with Crippen molar-refractivity contribution in [1.82, 2.24) is 9.55 Å². The second-order valence-corrected chi connectivity index (χ2v) is 4.32. The van der Waals surface area contributed by atoms with Crippen molar-refractivity contribution in [1.29, 1.82) is 0 Å². The normalized spacial score (nSPS) is 12.7. The van der Waals surface area contributed by atoms with Crippen LogP contribution < -0.4 is 0 Å². The van der Waals surface area contributed by atoms with E-state index < -0.39 is 10.8 Å². The zero-order chi connectivity index (χ0) is 9.68. The van der Waals surface area contributed by atoms with Gasteiger partial charge in [0.05, 0.1) is 12.5 Å². The van der Waals surface area contributed by atoms with Gasteiger partial charge in [-0.3, -0.25) is 9.00 Å². The Balaban J connectivity index is 2.44. The molecule has 0 aliphatic heterocycles. The monoisotopic (exact) mass is 200 g/mol. The number of aryl methyl sites for hydroxylation is 1. The van der Waals surface area contributed by atoms with Crippen molar-refractivity contribution in [2.75, 3.05) is 12.0 Å². The highest BCUT2D eigenvalue weighted by Crippen LogP contribution is 1.97. The van der Waals surface area contributed by atoms with Gasteiger partial charge in [0, 0.05) is 29.4 Å². The molecule has 13 heavy (non-hydrogen) atoms. The van der Waals surface area contributed by atoms with Crippen LogP contribution in [0.2, 0.25) is 0 Å². The molecular formula is C8H12N2O2S. The van der Waals surface area contributed by atoms with E-state index in [1.165, 1.54) is 6.20 Å². The Morgan fingerprint density at radius 2 is 2.46 bits per heavy atom. The number of aromatic nitrogens is 2. The molecule has 0 amide bonds. The largest absolute Gasteiger partial charge is 0.328 e. The van der Waals surface area contributed by atoms with E-state index in [0.29, 0.717) is 18.0 Å². The lowest BCUT2D eigenvalue weighted by molar-refractivity contribution is 0.111. The smallest absolute Gasteiger partial charge is 0.168 e. The van der Waals surface area contributed by atoms with Crippen LogP contribution in [0.3, 0.4) is 0 Å². The topological polar surface area (TPSA) is 52.0 Å². The van der Waals surface area contributed by atoms with Gasteiger partial charge < -0.3 is 4.57 Å². The van der Waals surface area contributed by atoms with Gasteiger partial charge in [-0.1, -0.05) is 0 Å². The van der Waals surface area contributed by atoms with Crippen LogP contribution in [-0.4, -0.2) is 32.1 Å². The Hall–Kier alpha value is -0.970. The lowest BCUT2D eigenvalue weighted by Gasteiger charge is -2.01. The molecular weight excluding hydrogens is 188 g/mol. The number of nitrogens with zero attached hydrogens (tertiary/aromatic N) is 2. The molecule has 0 aliphatic carbocycles. The molecule has 0 N–H and O–H groups in total. The maximum Gasteiger partial charge on any atom is 0.168 e. The zero-order valence-electron chi connectivity index (χ0n) is 7.47. The van der Waals surface area contributed by atoms with Crippen LogP contribution in [0, 0.1) is 0 Å². The van der Waals surface area contributed by atoms with Gasteiger partial charge >= 0.3 is 0 Å². The quantitative estimate of drug-likeness (QED) is 0.649. The van der Waals surface area contributed by atoms with Crippen molar-refractivity contribution >= 4 is 17.1 Å². The van der Waals surface area contributed by atoms with Crippen LogP contribution in [0.5, 0.6) is 0 Å². The van der Waals surface area contributed by atoms with E-state index in [1.54, 1.807) is 17.2 Å². The molecule has 4 nitrogen and oxygen atoms in total. The molecule has 0 aliphatic rings. The van der Waals surface area contributed by atoms with Gasteiger partial charge in [0.1, 0.15) is 5.69 Å². The lowest BCUT2D eigenvalue weighted by atomic mass is 10.4. The number of aldehydes is 1. The second kappa shape index (κ2) is 4.91. The van der Waals surface area contributed by atoms with Gasteiger partial charge in [-0.2, -0.15) is 0 Å². The third-order valence-corrected chi connectivity index (χ3v) is 2.56. The first-order valence-electron chi connectivity index (χ1n) is 3.99. The maximum atomic E-state index is 10.7. The zero-order valence-corrected chi connectivity index (χ0v) is 8.29. The van der Waals surface area contributed by atoms with E-state index in [4.69, 9.17) is 0 Å². The Labute approximate surface area is 79.4 Å². The average molecular weight is 200 g/mol. The second-order valence-electron chi connectivity index (χ2n) is 2.76. The third kappa shape index (κ3) is 3.10. The number of carbonyl (C=O) groups is 1. The fourth-order valence-electron chi connectivity index (χ4n) is 1.05. The minimum Gasteiger partial charge on any atom is -0.328 e. The van der Waals surface area contributed by atoms with Gasteiger partial charge in [-0.05, 0) is 6.42 Å². The molecule has 1 unspecified atom stereocenters. The Bertz CT molecular complexity index is 309. The summed E-state index contributed by atoms with van der Waals surface area (Å²) in [6.45, 7) is 0.702. The molecule has 1 aromatic heterocycles. The molecule has 1 aromatic rings. The Morgan fingerprint density at radius 3 is 3.08 bits per heavy atom. The first kappa shape index (κ1) is 10.1. The van der Waals surface area contributed by atoms with Crippen LogP contribution >= 0.6 is 0 Å². The number of imidazole rings is 1. The molecule has 1 heterocycles. The third-order valence-electron chi connectivity index (χ3n) is 1.70. The van der Waals surface area contributed by atoms with Crippen LogP contribution in [-0.2, 0) is 17.3 Å². The van der Waals surface area contributed by atoms with Gasteiger partial charge in [0.15, 0.2) is 6.29 Å². The highest BCUT2D eigenvalue weighted by molar-refractivity contribution is 7.84. The summed E-state index contributed by atoms with van der Waals surface area (Å²) >= 11 is 0. The molecule has 0 aromatic carbocycles. The summed E-state index contributed by atoms with van der Waals surface area (Å²) in [4.78, 5) is 14.3. The Kier molecular flexibility index (Phi) is 3.82. The highest BCUT2D eigenvalue weighted by atomic mass is 32.2. The van der Waals surface area contributed by atoms with E-state index in [-0.39, 0.29) is 0 Å². The summed E-state index contributed by atoms with van der Waals surface area (Å²) in [5.74, 6) is 0.663. The molecule has 1 rings (SSSR count). The molecule has 0 saturated heterocycles. The first-order chi connectivity index (χ1) is 6.24. The summed E-state index contributed by atoms with van der Waals surface area (Å²) in [6, 6.07) is 0. The molecule has 0 saturated carbocycles. The highest BCUT2D eigenvalue weighted by Gasteiger charge is 1.99. The maximum absolute atomic E-state index is 10.7. The summed E-state index contributed by atoms with van der Waals surface area (Å²) < 4.78 is 12.5. The number of carbonyl (C=O) groups excluding carboxylic acids is 1. The van der Waals surface area contributed by atoms with Gasteiger partial charge in [0.25, 0.3) is 0 Å². The van der Waals surface area contributed by atoms with E-state index in [0.717, 1.165) is 12.7 Å². The number of hydrogen-bond acceptors (Lipinski definition) is 3. The Morgan fingerprint density at radius 1 is 1.69 bits per heavy atom. The molecule has 0 fully saturated rings. The first-order valence-corrected chi connectivity index (χ1v) is 5.72. The van der Waals surface area contributed by atoms with Crippen LogP contribution in [0.4, 0.5) is 0 Å². The van der Waals surface area contributed by atoms with Crippen LogP contribution in [0.15, 0.2) is 12.5 Å². The van der Waals surface area contributed by atoms with Crippen LogP contribution in [0.1, 0.15) is 16.9 Å². The van der Waals surface area contributed by atoms with E-state index in [1.807, 2.05) is 0 Å². The lowest BCUT2D eigenvalue weighted by Crippen LogP contribution is -2.04. The minimum atomic E-state index is -0.758. The van der Waals surface area contributed by atoms with Gasteiger partial charge in [-0.25, -0.2) is 4.98 Å². The van der Waals surface area contributed by atoms with Crippen LogP contribution in [0.25, 0.3) is 0 Å². The van der Waals surface area contributed by atoms with E-state index in [9.17, 15) is 9.00 Å². The van der Waals surface area contributed by atoms with Gasteiger partial charge in [-0.15, -0.1) is 0 Å². The SMILES string of the molecule is CS(=O)CCCn1cncc1C=O. The summed E-state index contributed by atoms with van der Waals surface area (Å²) in [5, 5.41) is 0. The summed E-state index contributed by atoms with van der Waals surface area (Å²) in [6.07, 6.45) is 6.39. The summed E-state index contributed by atoms with van der Waals surface area (Å²) in [7, 11) is -0.758. The fourth-order valence-corrected chi connectivity index (χ4v) is 1.59. The van der Waals surface area contributed by atoms with E-state index >= 15 is 0 Å². The van der Waals surface area contributed by atoms with Gasteiger partial charge in [0.2, 0.25) is 0 Å². The molecule has 5 heteroatoms. The predicted octanol–water partition coefficient (Wildman–Crippen LogP) is 0.464. The van der Waals surface area contributed by atoms with Crippen molar-refractivity contribution in [2.24, 2.45) is 0 Å². The number of rotatable bonds is 5. The molecule has 72 valence electrons. The van der Waals surface area contributed by atoms with Crippen molar-refractivity contribution in [2.45, 2.75) is 13.0 Å². The van der Waals surface area contributed by atoms with Crippen molar-refractivity contribution < 1.29 is 9.00 Å². The van der Waals surface area contributed by atoms with Crippen molar-refractivity contribution in [3.8, 4) is 0 Å². The summed E-state index contributed by atoms with van der Waals surface area (Å²) in [5.41, 5.74) is 0.571. The number of hydrogen-bond donors (Lipinski definition) is 0. The molecule has 1 atom stereocenters.